The minimum absolute atomic E-state index is 0.422. The fourth-order valence-electron chi connectivity index (χ4n) is 2.40. The SMILES string of the molecule is CCNCCCCCCN1CCCOC(C)C1. The van der Waals surface area contributed by atoms with E-state index < -0.39 is 0 Å². The van der Waals surface area contributed by atoms with Gasteiger partial charge in [0.05, 0.1) is 6.10 Å². The smallest absolute Gasteiger partial charge is 0.0673 e. The van der Waals surface area contributed by atoms with E-state index in [1.807, 2.05) is 0 Å². The van der Waals surface area contributed by atoms with E-state index in [1.54, 1.807) is 0 Å². The maximum absolute atomic E-state index is 5.65. The fourth-order valence-corrected chi connectivity index (χ4v) is 2.40. The summed E-state index contributed by atoms with van der Waals surface area (Å²) in [6, 6.07) is 0. The van der Waals surface area contributed by atoms with E-state index in [0.717, 1.165) is 19.7 Å². The van der Waals surface area contributed by atoms with E-state index in [1.165, 1.54) is 51.7 Å². The summed E-state index contributed by atoms with van der Waals surface area (Å²) in [5.74, 6) is 0. The molecule has 1 unspecified atom stereocenters. The molecule has 3 heteroatoms. The number of hydrogen-bond acceptors (Lipinski definition) is 3. The number of nitrogens with one attached hydrogen (secondary N) is 1. The van der Waals surface area contributed by atoms with Gasteiger partial charge in [0, 0.05) is 19.7 Å². The molecule has 1 fully saturated rings. The van der Waals surface area contributed by atoms with Crippen molar-refractivity contribution in [3.05, 3.63) is 0 Å². The van der Waals surface area contributed by atoms with Gasteiger partial charge in [0.2, 0.25) is 0 Å². The number of hydrogen-bond donors (Lipinski definition) is 1. The molecule has 0 amide bonds. The highest BCUT2D eigenvalue weighted by atomic mass is 16.5. The first-order valence-corrected chi connectivity index (χ1v) is 7.37. The van der Waals surface area contributed by atoms with Crippen LogP contribution in [0.5, 0.6) is 0 Å². The average molecular weight is 242 g/mol. The molecule has 0 spiro atoms. The van der Waals surface area contributed by atoms with Crippen LogP contribution in [0.1, 0.15) is 46.0 Å². The zero-order valence-electron chi connectivity index (χ0n) is 11.7. The van der Waals surface area contributed by atoms with Crippen molar-refractivity contribution < 1.29 is 4.74 Å². The van der Waals surface area contributed by atoms with Crippen LogP contribution in [0.4, 0.5) is 0 Å². The Morgan fingerprint density at radius 1 is 1.24 bits per heavy atom. The molecule has 0 aliphatic carbocycles. The van der Waals surface area contributed by atoms with Crippen LogP contribution in [-0.4, -0.2) is 50.3 Å². The summed E-state index contributed by atoms with van der Waals surface area (Å²) in [5.41, 5.74) is 0. The number of rotatable bonds is 8. The summed E-state index contributed by atoms with van der Waals surface area (Å²) in [6.45, 7) is 11.2. The minimum atomic E-state index is 0.422. The van der Waals surface area contributed by atoms with Gasteiger partial charge in [-0.2, -0.15) is 0 Å². The molecule has 17 heavy (non-hydrogen) atoms. The van der Waals surface area contributed by atoms with E-state index in [-0.39, 0.29) is 0 Å². The Bertz CT molecular complexity index is 176. The largest absolute Gasteiger partial charge is 0.377 e. The second kappa shape index (κ2) is 9.86. The lowest BCUT2D eigenvalue weighted by molar-refractivity contribution is 0.0675. The van der Waals surface area contributed by atoms with Crippen LogP contribution in [0, 0.1) is 0 Å². The van der Waals surface area contributed by atoms with Gasteiger partial charge in [-0.1, -0.05) is 19.8 Å². The van der Waals surface area contributed by atoms with Crippen LogP contribution in [0.15, 0.2) is 0 Å². The molecule has 1 aliphatic rings. The Balaban J connectivity index is 1.94. The lowest BCUT2D eigenvalue weighted by atomic mass is 10.2. The van der Waals surface area contributed by atoms with Crippen molar-refractivity contribution in [3.63, 3.8) is 0 Å². The number of ether oxygens (including phenoxy) is 1. The van der Waals surface area contributed by atoms with Crippen LogP contribution >= 0.6 is 0 Å². The molecule has 3 nitrogen and oxygen atoms in total. The van der Waals surface area contributed by atoms with Gasteiger partial charge in [-0.25, -0.2) is 0 Å². The Morgan fingerprint density at radius 2 is 2.06 bits per heavy atom. The molecule has 0 saturated carbocycles. The molecular formula is C14H30N2O. The van der Waals surface area contributed by atoms with Crippen molar-refractivity contribution in [2.24, 2.45) is 0 Å². The fraction of sp³-hybridized carbons (Fsp3) is 1.00. The number of unbranched alkanes of at least 4 members (excludes halogenated alkanes) is 3. The molecule has 1 aliphatic heterocycles. The van der Waals surface area contributed by atoms with Crippen molar-refractivity contribution in [1.82, 2.24) is 10.2 Å². The molecule has 0 aromatic rings. The van der Waals surface area contributed by atoms with Gasteiger partial charge in [0.1, 0.15) is 0 Å². The molecule has 1 saturated heterocycles. The van der Waals surface area contributed by atoms with Crippen molar-refractivity contribution in [2.75, 3.05) is 39.3 Å². The van der Waals surface area contributed by atoms with Gasteiger partial charge in [-0.15, -0.1) is 0 Å². The first-order valence-electron chi connectivity index (χ1n) is 7.37. The van der Waals surface area contributed by atoms with E-state index in [0.29, 0.717) is 6.10 Å². The third-order valence-electron chi connectivity index (χ3n) is 3.36. The Labute approximate surface area is 107 Å². The highest BCUT2D eigenvalue weighted by Crippen LogP contribution is 2.07. The Kier molecular flexibility index (Phi) is 8.67. The quantitative estimate of drug-likeness (QED) is 0.661. The highest BCUT2D eigenvalue weighted by Gasteiger charge is 2.13. The predicted molar refractivity (Wildman–Crippen MR) is 73.5 cm³/mol. The van der Waals surface area contributed by atoms with Gasteiger partial charge in [0.15, 0.2) is 0 Å². The topological polar surface area (TPSA) is 24.5 Å². The molecule has 0 aromatic carbocycles. The summed E-state index contributed by atoms with van der Waals surface area (Å²) in [4.78, 5) is 2.57. The standard InChI is InChI=1S/C14H30N2O/c1-3-15-9-6-4-5-7-10-16-11-8-12-17-14(2)13-16/h14-15H,3-13H2,1-2H3. The molecule has 0 aromatic heterocycles. The highest BCUT2D eigenvalue weighted by molar-refractivity contribution is 4.66. The first-order chi connectivity index (χ1) is 8.33. The third-order valence-corrected chi connectivity index (χ3v) is 3.36. The Morgan fingerprint density at radius 3 is 2.88 bits per heavy atom. The maximum Gasteiger partial charge on any atom is 0.0673 e. The van der Waals surface area contributed by atoms with E-state index in [2.05, 4.69) is 24.1 Å². The lowest BCUT2D eigenvalue weighted by Gasteiger charge is -2.21. The average Bonchev–Trinajstić information content (AvgIpc) is 2.52. The van der Waals surface area contributed by atoms with Crippen molar-refractivity contribution in [3.8, 4) is 0 Å². The second-order valence-electron chi connectivity index (χ2n) is 5.10. The molecular weight excluding hydrogens is 212 g/mol. The van der Waals surface area contributed by atoms with Gasteiger partial charge >= 0.3 is 0 Å². The van der Waals surface area contributed by atoms with Gasteiger partial charge in [-0.05, 0) is 45.8 Å². The molecule has 1 heterocycles. The van der Waals surface area contributed by atoms with Crippen LogP contribution in [0.25, 0.3) is 0 Å². The van der Waals surface area contributed by atoms with Crippen LogP contribution in [-0.2, 0) is 4.74 Å². The molecule has 0 bridgehead atoms. The molecule has 1 N–H and O–H groups in total. The van der Waals surface area contributed by atoms with Crippen LogP contribution in [0.3, 0.4) is 0 Å². The van der Waals surface area contributed by atoms with Gasteiger partial charge in [-0.3, -0.25) is 0 Å². The molecule has 102 valence electrons. The maximum atomic E-state index is 5.65. The summed E-state index contributed by atoms with van der Waals surface area (Å²) in [7, 11) is 0. The van der Waals surface area contributed by atoms with Crippen LogP contribution in [0.2, 0.25) is 0 Å². The zero-order chi connectivity index (χ0) is 12.3. The van der Waals surface area contributed by atoms with Crippen molar-refractivity contribution >= 4 is 0 Å². The summed E-state index contributed by atoms with van der Waals surface area (Å²) in [5, 5.41) is 3.38. The van der Waals surface area contributed by atoms with E-state index in [9.17, 15) is 0 Å². The first kappa shape index (κ1) is 14.9. The summed E-state index contributed by atoms with van der Waals surface area (Å²) >= 11 is 0. The van der Waals surface area contributed by atoms with Crippen LogP contribution < -0.4 is 5.32 Å². The zero-order valence-corrected chi connectivity index (χ0v) is 11.7. The number of nitrogens with zero attached hydrogens (tertiary/aromatic N) is 1. The minimum Gasteiger partial charge on any atom is -0.377 e. The second-order valence-corrected chi connectivity index (χ2v) is 5.10. The van der Waals surface area contributed by atoms with Gasteiger partial charge in [0.25, 0.3) is 0 Å². The Hall–Kier alpha value is -0.120. The normalized spacial score (nSPS) is 22.6. The van der Waals surface area contributed by atoms with Crippen molar-refractivity contribution in [1.29, 1.82) is 0 Å². The predicted octanol–water partition coefficient (Wildman–Crippen LogP) is 2.27. The third kappa shape index (κ3) is 7.74. The summed E-state index contributed by atoms with van der Waals surface area (Å²) < 4.78 is 5.65. The van der Waals surface area contributed by atoms with Gasteiger partial charge < -0.3 is 15.0 Å². The monoisotopic (exact) mass is 242 g/mol. The van der Waals surface area contributed by atoms with E-state index >= 15 is 0 Å². The summed E-state index contributed by atoms with van der Waals surface area (Å²) in [6.07, 6.45) is 7.03. The molecule has 1 atom stereocenters. The van der Waals surface area contributed by atoms with E-state index in [4.69, 9.17) is 4.74 Å². The van der Waals surface area contributed by atoms with Crippen molar-refractivity contribution in [2.45, 2.75) is 52.1 Å². The molecule has 1 rings (SSSR count). The molecule has 0 radical (unpaired) electrons. The lowest BCUT2D eigenvalue weighted by Crippen LogP contribution is -2.31.